The lowest BCUT2D eigenvalue weighted by atomic mass is 10.8. The van der Waals surface area contributed by atoms with Crippen molar-refractivity contribution < 1.29 is 22.0 Å². The molecular formula is C4H6ClF5. The first-order valence-electron chi connectivity index (χ1n) is 2.13. The highest BCUT2D eigenvalue weighted by Crippen LogP contribution is 2.15. The first-order valence-corrected chi connectivity index (χ1v) is 2.51. The molecule has 0 atom stereocenters. The summed E-state index contributed by atoms with van der Waals surface area (Å²) < 4.78 is 52.6. The zero-order valence-electron chi connectivity index (χ0n) is 5.27. The minimum absolute atomic E-state index is 0.188. The van der Waals surface area contributed by atoms with Gasteiger partial charge in [0.2, 0.25) is 0 Å². The van der Waals surface area contributed by atoms with E-state index >= 15 is 0 Å². The summed E-state index contributed by atoms with van der Waals surface area (Å²) in [7, 11) is 0. The summed E-state index contributed by atoms with van der Waals surface area (Å²) in [6.07, 6.45) is -4.00. The Hall–Kier alpha value is -0.0600. The second-order valence-electron chi connectivity index (χ2n) is 1.56. The SMILES string of the molecule is CC(F)(F)Cl.CC(F)(F)F. The van der Waals surface area contributed by atoms with Gasteiger partial charge in [-0.15, -0.1) is 0 Å². The number of hydrogen-bond donors (Lipinski definition) is 0. The fourth-order valence-electron chi connectivity index (χ4n) is 0. The summed E-state index contributed by atoms with van der Waals surface area (Å²) in [5, 5.41) is -3.03. The van der Waals surface area contributed by atoms with Crippen molar-refractivity contribution in [1.29, 1.82) is 0 Å². The summed E-state index contributed by atoms with van der Waals surface area (Å²) in [5.74, 6) is 0. The molecule has 0 radical (unpaired) electrons. The van der Waals surface area contributed by atoms with Crippen LogP contribution in [0, 0.1) is 0 Å². The second kappa shape index (κ2) is 3.95. The Balaban J connectivity index is 0. The number of hydrogen-bond acceptors (Lipinski definition) is 0. The molecule has 0 saturated heterocycles. The Morgan fingerprint density at radius 1 is 0.900 bits per heavy atom. The van der Waals surface area contributed by atoms with Crippen molar-refractivity contribution in [3.63, 3.8) is 0 Å². The molecule has 0 amide bonds. The molecule has 6 heteroatoms. The van der Waals surface area contributed by atoms with Crippen LogP contribution in [0.2, 0.25) is 0 Å². The van der Waals surface area contributed by atoms with Crippen LogP contribution in [-0.2, 0) is 0 Å². The summed E-state index contributed by atoms with van der Waals surface area (Å²) in [6.45, 7) is 0.807. The lowest BCUT2D eigenvalue weighted by molar-refractivity contribution is -0.110. The van der Waals surface area contributed by atoms with Crippen LogP contribution in [0.4, 0.5) is 22.0 Å². The molecule has 0 spiro atoms. The summed E-state index contributed by atoms with van der Waals surface area (Å²) in [5.41, 5.74) is 0. The maximum Gasteiger partial charge on any atom is 0.386 e. The number of rotatable bonds is 0. The molecule has 0 bridgehead atoms. The van der Waals surface area contributed by atoms with Crippen LogP contribution in [-0.4, -0.2) is 11.6 Å². The fourth-order valence-corrected chi connectivity index (χ4v) is 0. The molecule has 0 nitrogen and oxygen atoms in total. The molecule has 0 aromatic rings. The van der Waals surface area contributed by atoms with Gasteiger partial charge >= 0.3 is 11.6 Å². The standard InChI is InChI=1S/C2H3ClF2.C2H3F3/c2*1-2(3,4)5/h2*1H3. The molecule has 0 aliphatic carbocycles. The van der Waals surface area contributed by atoms with Crippen LogP contribution < -0.4 is 0 Å². The van der Waals surface area contributed by atoms with E-state index in [0.717, 1.165) is 0 Å². The second-order valence-corrected chi connectivity index (χ2v) is 2.23. The zero-order valence-corrected chi connectivity index (χ0v) is 6.02. The van der Waals surface area contributed by atoms with E-state index in [-0.39, 0.29) is 6.92 Å². The molecule has 0 saturated carbocycles. The lowest BCUT2D eigenvalue weighted by Crippen LogP contribution is -1.95. The molecule has 0 aromatic heterocycles. The van der Waals surface area contributed by atoms with E-state index in [4.69, 9.17) is 0 Å². The van der Waals surface area contributed by atoms with Gasteiger partial charge in [0.1, 0.15) is 0 Å². The van der Waals surface area contributed by atoms with Crippen LogP contribution in [0.5, 0.6) is 0 Å². The normalized spacial score (nSPS) is 12.0. The van der Waals surface area contributed by atoms with E-state index in [1.807, 2.05) is 0 Å². The highest BCUT2D eigenvalue weighted by molar-refractivity contribution is 6.21. The van der Waals surface area contributed by atoms with Crippen molar-refractivity contribution in [2.24, 2.45) is 0 Å². The molecule has 0 heterocycles. The fraction of sp³-hybridized carbons (Fsp3) is 1.00. The average molecular weight is 185 g/mol. The third-order valence-electron chi connectivity index (χ3n) is 0. The summed E-state index contributed by atoms with van der Waals surface area (Å²) in [4.78, 5) is 0. The Kier molecular flexibility index (Phi) is 4.98. The van der Waals surface area contributed by atoms with Crippen molar-refractivity contribution in [2.45, 2.75) is 25.4 Å². The van der Waals surface area contributed by atoms with Gasteiger partial charge in [0.05, 0.1) is 0 Å². The molecule has 0 N–H and O–H groups in total. The highest BCUT2D eigenvalue weighted by Gasteiger charge is 2.15. The van der Waals surface area contributed by atoms with Gasteiger partial charge in [-0.3, -0.25) is 0 Å². The van der Waals surface area contributed by atoms with Gasteiger partial charge in [-0.1, -0.05) is 0 Å². The Morgan fingerprint density at radius 2 is 0.900 bits per heavy atom. The predicted molar refractivity (Wildman–Crippen MR) is 28.2 cm³/mol. The van der Waals surface area contributed by atoms with Gasteiger partial charge in [0.15, 0.2) is 0 Å². The summed E-state index contributed by atoms with van der Waals surface area (Å²) in [6, 6.07) is 0. The molecular weight excluding hydrogens is 178 g/mol. The van der Waals surface area contributed by atoms with Crippen LogP contribution in [0.3, 0.4) is 0 Å². The minimum Gasteiger partial charge on any atom is -0.189 e. The molecule has 0 aromatic carbocycles. The highest BCUT2D eigenvalue weighted by atomic mass is 35.5. The van der Waals surface area contributed by atoms with Crippen molar-refractivity contribution in [2.75, 3.05) is 0 Å². The maximum absolute atomic E-state index is 10.8. The van der Waals surface area contributed by atoms with Gasteiger partial charge in [-0.05, 0) is 11.6 Å². The number of alkyl halides is 6. The Bertz CT molecular complexity index is 56.6. The molecule has 0 fully saturated rings. The molecule has 0 unspecified atom stereocenters. The van der Waals surface area contributed by atoms with Gasteiger partial charge in [0.25, 0.3) is 0 Å². The van der Waals surface area contributed by atoms with Gasteiger partial charge < -0.3 is 0 Å². The Morgan fingerprint density at radius 3 is 0.900 bits per heavy atom. The van der Waals surface area contributed by atoms with Crippen molar-refractivity contribution in [3.8, 4) is 0 Å². The molecule has 64 valence electrons. The summed E-state index contributed by atoms with van der Waals surface area (Å²) >= 11 is 4.20. The topological polar surface area (TPSA) is 0 Å². The van der Waals surface area contributed by atoms with Crippen LogP contribution in [0.15, 0.2) is 0 Å². The smallest absolute Gasteiger partial charge is 0.189 e. The van der Waals surface area contributed by atoms with E-state index in [1.165, 1.54) is 0 Å². The van der Waals surface area contributed by atoms with Crippen LogP contribution in [0.1, 0.15) is 13.8 Å². The molecule has 0 aliphatic rings. The minimum atomic E-state index is -4.00. The maximum atomic E-state index is 10.8. The molecule has 0 aliphatic heterocycles. The lowest BCUT2D eigenvalue weighted by Gasteiger charge is -1.90. The van der Waals surface area contributed by atoms with Crippen molar-refractivity contribution >= 4 is 11.6 Å². The van der Waals surface area contributed by atoms with Crippen molar-refractivity contribution in [1.82, 2.24) is 0 Å². The molecule has 10 heavy (non-hydrogen) atoms. The van der Waals surface area contributed by atoms with E-state index in [0.29, 0.717) is 6.92 Å². The third kappa shape index (κ3) is 106000. The molecule has 0 rings (SSSR count). The van der Waals surface area contributed by atoms with Gasteiger partial charge in [-0.25, -0.2) is 0 Å². The monoisotopic (exact) mass is 184 g/mol. The number of halogens is 6. The van der Waals surface area contributed by atoms with Crippen LogP contribution >= 0.6 is 11.6 Å². The van der Waals surface area contributed by atoms with E-state index in [9.17, 15) is 22.0 Å². The predicted octanol–water partition coefficient (Wildman–Crippen LogP) is 3.41. The first-order chi connectivity index (χ1) is 4.00. The first kappa shape index (κ1) is 12.6. The van der Waals surface area contributed by atoms with Crippen LogP contribution in [0.25, 0.3) is 0 Å². The van der Waals surface area contributed by atoms with Gasteiger partial charge in [-0.2, -0.15) is 22.0 Å². The Labute approximate surface area is 60.0 Å². The average Bonchev–Trinajstić information content (AvgIpc) is 1.12. The van der Waals surface area contributed by atoms with E-state index in [1.54, 1.807) is 0 Å². The third-order valence-corrected chi connectivity index (χ3v) is 0. The largest absolute Gasteiger partial charge is 0.386 e. The van der Waals surface area contributed by atoms with Crippen molar-refractivity contribution in [3.05, 3.63) is 0 Å². The quantitative estimate of drug-likeness (QED) is 0.400. The zero-order chi connectivity index (χ0) is 9.00. The van der Waals surface area contributed by atoms with E-state index in [2.05, 4.69) is 11.6 Å². The van der Waals surface area contributed by atoms with E-state index < -0.39 is 11.6 Å². The van der Waals surface area contributed by atoms with Gasteiger partial charge in [0, 0.05) is 13.8 Å².